The molecule has 0 unspecified atom stereocenters. The molecule has 1 N–H and O–H groups in total. The fourth-order valence-electron chi connectivity index (χ4n) is 2.37. The van der Waals surface area contributed by atoms with Gasteiger partial charge in [-0.2, -0.15) is 0 Å². The highest BCUT2D eigenvalue weighted by molar-refractivity contribution is 5.71. The van der Waals surface area contributed by atoms with Gasteiger partial charge in [-0.25, -0.2) is 0 Å². The standard InChI is InChI=1S/C15H16N2O2/c18-11-12-6-7-16-10-14(12)17-8-3-9-19-15-5-2-1-4-13(15)17/h1-2,4-7,10,18H,3,8-9,11H2. The van der Waals surface area contributed by atoms with Crippen molar-refractivity contribution in [3.8, 4) is 5.75 Å². The third-order valence-corrected chi connectivity index (χ3v) is 3.29. The summed E-state index contributed by atoms with van der Waals surface area (Å²) in [5.74, 6) is 0.882. The zero-order chi connectivity index (χ0) is 13.1. The van der Waals surface area contributed by atoms with Crippen LogP contribution >= 0.6 is 0 Å². The number of pyridine rings is 1. The highest BCUT2D eigenvalue weighted by Crippen LogP contribution is 2.36. The Kier molecular flexibility index (Phi) is 3.33. The molecule has 4 nitrogen and oxygen atoms in total. The summed E-state index contributed by atoms with van der Waals surface area (Å²) in [5, 5.41) is 9.48. The number of aliphatic hydroxyl groups is 1. The van der Waals surface area contributed by atoms with Gasteiger partial charge in [0.2, 0.25) is 0 Å². The molecule has 0 atom stereocenters. The van der Waals surface area contributed by atoms with Crippen molar-refractivity contribution < 1.29 is 9.84 Å². The second kappa shape index (κ2) is 5.28. The monoisotopic (exact) mass is 256 g/mol. The van der Waals surface area contributed by atoms with E-state index in [1.807, 2.05) is 30.3 Å². The Morgan fingerprint density at radius 1 is 1.21 bits per heavy atom. The van der Waals surface area contributed by atoms with Crippen LogP contribution in [0.4, 0.5) is 11.4 Å². The van der Waals surface area contributed by atoms with Gasteiger partial charge >= 0.3 is 0 Å². The Hall–Kier alpha value is -2.07. The molecule has 2 heterocycles. The van der Waals surface area contributed by atoms with Crippen LogP contribution in [0.3, 0.4) is 0 Å². The first-order chi connectivity index (χ1) is 9.40. The molecule has 0 aliphatic carbocycles. The lowest BCUT2D eigenvalue weighted by Gasteiger charge is -2.25. The van der Waals surface area contributed by atoms with Gasteiger partial charge in [-0.05, 0) is 24.6 Å². The summed E-state index contributed by atoms with van der Waals surface area (Å²) in [7, 11) is 0. The SMILES string of the molecule is OCc1ccncc1N1CCCOc2ccccc21. The first-order valence-electron chi connectivity index (χ1n) is 6.43. The van der Waals surface area contributed by atoms with E-state index in [0.29, 0.717) is 6.61 Å². The molecule has 0 bridgehead atoms. The van der Waals surface area contributed by atoms with E-state index < -0.39 is 0 Å². The van der Waals surface area contributed by atoms with Crippen LogP contribution < -0.4 is 9.64 Å². The molecule has 2 aromatic rings. The summed E-state index contributed by atoms with van der Waals surface area (Å²) in [4.78, 5) is 6.35. The summed E-state index contributed by atoms with van der Waals surface area (Å²) in [6, 6.07) is 9.83. The van der Waals surface area contributed by atoms with E-state index in [4.69, 9.17) is 4.74 Å². The number of aromatic nitrogens is 1. The molecular weight excluding hydrogens is 240 g/mol. The predicted molar refractivity (Wildman–Crippen MR) is 73.7 cm³/mol. The van der Waals surface area contributed by atoms with Crippen molar-refractivity contribution in [1.82, 2.24) is 4.98 Å². The summed E-state index contributed by atoms with van der Waals surface area (Å²) >= 11 is 0. The Bertz CT molecular complexity index is 572. The van der Waals surface area contributed by atoms with Crippen molar-refractivity contribution >= 4 is 11.4 Å². The molecule has 0 amide bonds. The summed E-state index contributed by atoms with van der Waals surface area (Å²) in [5.41, 5.74) is 2.86. The lowest BCUT2D eigenvalue weighted by atomic mass is 10.2. The van der Waals surface area contributed by atoms with Crippen LogP contribution in [-0.2, 0) is 6.61 Å². The third-order valence-electron chi connectivity index (χ3n) is 3.29. The van der Waals surface area contributed by atoms with E-state index in [1.165, 1.54) is 0 Å². The number of fused-ring (bicyclic) bond motifs is 1. The van der Waals surface area contributed by atoms with E-state index >= 15 is 0 Å². The quantitative estimate of drug-likeness (QED) is 0.896. The van der Waals surface area contributed by atoms with Gasteiger partial charge < -0.3 is 14.7 Å². The maximum Gasteiger partial charge on any atom is 0.142 e. The lowest BCUT2D eigenvalue weighted by molar-refractivity contribution is 0.282. The predicted octanol–water partition coefficient (Wildman–Crippen LogP) is 2.49. The minimum Gasteiger partial charge on any atom is -0.491 e. The van der Waals surface area contributed by atoms with Crippen LogP contribution in [0.25, 0.3) is 0 Å². The number of hydrogen-bond acceptors (Lipinski definition) is 4. The van der Waals surface area contributed by atoms with Gasteiger partial charge in [0.15, 0.2) is 0 Å². The van der Waals surface area contributed by atoms with Gasteiger partial charge in [0.25, 0.3) is 0 Å². The molecule has 1 aliphatic heterocycles. The van der Waals surface area contributed by atoms with Crippen molar-refractivity contribution in [2.24, 2.45) is 0 Å². The molecule has 1 aromatic carbocycles. The molecule has 1 aliphatic rings. The minimum atomic E-state index is 0.0113. The van der Waals surface area contributed by atoms with E-state index in [9.17, 15) is 5.11 Å². The van der Waals surface area contributed by atoms with E-state index in [0.717, 1.165) is 35.7 Å². The molecular formula is C15H16N2O2. The van der Waals surface area contributed by atoms with E-state index in [1.54, 1.807) is 12.4 Å². The molecule has 4 heteroatoms. The smallest absolute Gasteiger partial charge is 0.142 e. The van der Waals surface area contributed by atoms with Crippen molar-refractivity contribution in [2.45, 2.75) is 13.0 Å². The molecule has 1 aromatic heterocycles. The molecule has 3 rings (SSSR count). The second-order valence-electron chi connectivity index (χ2n) is 4.48. The fourth-order valence-corrected chi connectivity index (χ4v) is 2.37. The minimum absolute atomic E-state index is 0.0113. The number of ether oxygens (including phenoxy) is 1. The van der Waals surface area contributed by atoms with Gasteiger partial charge in [-0.15, -0.1) is 0 Å². The number of nitrogens with zero attached hydrogens (tertiary/aromatic N) is 2. The van der Waals surface area contributed by atoms with Crippen LogP contribution in [0, 0.1) is 0 Å². The molecule has 19 heavy (non-hydrogen) atoms. The zero-order valence-electron chi connectivity index (χ0n) is 10.6. The first-order valence-corrected chi connectivity index (χ1v) is 6.43. The average molecular weight is 256 g/mol. The van der Waals surface area contributed by atoms with Gasteiger partial charge in [0, 0.05) is 18.3 Å². The van der Waals surface area contributed by atoms with Crippen LogP contribution in [-0.4, -0.2) is 23.2 Å². The largest absolute Gasteiger partial charge is 0.491 e. The fraction of sp³-hybridized carbons (Fsp3) is 0.267. The summed E-state index contributed by atoms with van der Waals surface area (Å²) < 4.78 is 5.75. The molecule has 0 spiro atoms. The Morgan fingerprint density at radius 2 is 2.11 bits per heavy atom. The van der Waals surface area contributed by atoms with E-state index in [2.05, 4.69) is 9.88 Å². The number of hydrogen-bond donors (Lipinski definition) is 1. The lowest BCUT2D eigenvalue weighted by Crippen LogP contribution is -2.19. The van der Waals surface area contributed by atoms with Crippen molar-refractivity contribution in [1.29, 1.82) is 0 Å². The summed E-state index contributed by atoms with van der Waals surface area (Å²) in [6.07, 6.45) is 4.44. The highest BCUT2D eigenvalue weighted by atomic mass is 16.5. The number of anilines is 2. The van der Waals surface area contributed by atoms with Crippen molar-refractivity contribution in [2.75, 3.05) is 18.1 Å². The Balaban J connectivity index is 2.09. The second-order valence-corrected chi connectivity index (χ2v) is 4.48. The molecule has 0 fully saturated rings. The normalized spacial score (nSPS) is 14.5. The molecule has 98 valence electrons. The summed E-state index contributed by atoms with van der Waals surface area (Å²) in [6.45, 7) is 1.58. The van der Waals surface area contributed by atoms with Crippen LogP contribution in [0.5, 0.6) is 5.75 Å². The van der Waals surface area contributed by atoms with Crippen LogP contribution in [0.1, 0.15) is 12.0 Å². The van der Waals surface area contributed by atoms with Gasteiger partial charge in [-0.1, -0.05) is 12.1 Å². The molecule has 0 radical (unpaired) electrons. The maximum atomic E-state index is 9.48. The van der Waals surface area contributed by atoms with Gasteiger partial charge in [0.1, 0.15) is 5.75 Å². The third kappa shape index (κ3) is 2.27. The topological polar surface area (TPSA) is 45.6 Å². The number of para-hydroxylation sites is 2. The van der Waals surface area contributed by atoms with Crippen LogP contribution in [0.2, 0.25) is 0 Å². The van der Waals surface area contributed by atoms with Crippen molar-refractivity contribution in [3.63, 3.8) is 0 Å². The van der Waals surface area contributed by atoms with Crippen molar-refractivity contribution in [3.05, 3.63) is 48.3 Å². The number of rotatable bonds is 2. The van der Waals surface area contributed by atoms with Gasteiger partial charge in [-0.3, -0.25) is 4.98 Å². The Labute approximate surface area is 112 Å². The Morgan fingerprint density at radius 3 is 3.00 bits per heavy atom. The number of benzene rings is 1. The first kappa shape index (κ1) is 12.0. The maximum absolute atomic E-state index is 9.48. The average Bonchev–Trinajstić information content (AvgIpc) is 2.69. The highest BCUT2D eigenvalue weighted by Gasteiger charge is 2.19. The number of aliphatic hydroxyl groups excluding tert-OH is 1. The van der Waals surface area contributed by atoms with E-state index in [-0.39, 0.29) is 6.61 Å². The van der Waals surface area contributed by atoms with Crippen LogP contribution in [0.15, 0.2) is 42.7 Å². The molecule has 0 saturated carbocycles. The molecule has 0 saturated heterocycles. The zero-order valence-corrected chi connectivity index (χ0v) is 10.6. The van der Waals surface area contributed by atoms with Gasteiger partial charge in [0.05, 0.1) is 30.8 Å².